The van der Waals surface area contributed by atoms with Gasteiger partial charge in [-0.2, -0.15) is 0 Å². The minimum absolute atomic E-state index is 0.0639. The van der Waals surface area contributed by atoms with Gasteiger partial charge in [-0.25, -0.2) is 0 Å². The molecule has 4 aromatic rings. The standard InChI is InChI=1S/C30H30N4O2/c1-34(21-23-9-12-26-27(19-23)32-18-17-31-26)29(36)14-16-30(15-13-28(35)33-30)20-22-7-10-25(11-8-22)24-5-3-2-4-6-24/h2-12,17-19H,13-16,20-21H2,1H3,(H,33,35). The van der Waals surface area contributed by atoms with Crippen molar-refractivity contribution in [3.05, 3.63) is 96.3 Å². The van der Waals surface area contributed by atoms with E-state index in [1.807, 2.05) is 43.4 Å². The van der Waals surface area contributed by atoms with E-state index in [-0.39, 0.29) is 17.4 Å². The number of amides is 2. The average molecular weight is 479 g/mol. The van der Waals surface area contributed by atoms with Crippen molar-refractivity contribution in [1.29, 1.82) is 0 Å². The van der Waals surface area contributed by atoms with E-state index in [1.165, 1.54) is 11.1 Å². The normalized spacial score (nSPS) is 17.2. The summed E-state index contributed by atoms with van der Waals surface area (Å²) in [7, 11) is 1.82. The minimum Gasteiger partial charge on any atom is -0.350 e. The predicted molar refractivity (Wildman–Crippen MR) is 141 cm³/mol. The molecule has 36 heavy (non-hydrogen) atoms. The second-order valence-electron chi connectivity index (χ2n) is 9.70. The van der Waals surface area contributed by atoms with Crippen LogP contribution in [0.25, 0.3) is 22.2 Å². The summed E-state index contributed by atoms with van der Waals surface area (Å²) in [6, 6.07) is 24.7. The Balaban J connectivity index is 1.23. The molecule has 6 nitrogen and oxygen atoms in total. The summed E-state index contributed by atoms with van der Waals surface area (Å²) in [5.74, 6) is 0.128. The van der Waals surface area contributed by atoms with E-state index in [1.54, 1.807) is 17.3 Å². The summed E-state index contributed by atoms with van der Waals surface area (Å²) < 4.78 is 0. The summed E-state index contributed by atoms with van der Waals surface area (Å²) in [5.41, 5.74) is 5.80. The van der Waals surface area contributed by atoms with Gasteiger partial charge in [-0.05, 0) is 53.6 Å². The zero-order valence-corrected chi connectivity index (χ0v) is 20.5. The zero-order valence-electron chi connectivity index (χ0n) is 20.5. The zero-order chi connectivity index (χ0) is 25.0. The van der Waals surface area contributed by atoms with E-state index in [9.17, 15) is 9.59 Å². The van der Waals surface area contributed by atoms with Crippen LogP contribution in [0.2, 0.25) is 0 Å². The Morgan fingerprint density at radius 3 is 2.33 bits per heavy atom. The number of nitrogens with zero attached hydrogens (tertiary/aromatic N) is 3. The molecule has 0 spiro atoms. The Labute approximate surface area is 211 Å². The van der Waals surface area contributed by atoms with E-state index in [0.29, 0.717) is 32.2 Å². The van der Waals surface area contributed by atoms with Gasteiger partial charge in [0.2, 0.25) is 11.8 Å². The van der Waals surface area contributed by atoms with Gasteiger partial charge in [0.25, 0.3) is 0 Å². The molecule has 1 aromatic heterocycles. The molecule has 1 unspecified atom stereocenters. The molecular formula is C30H30N4O2. The largest absolute Gasteiger partial charge is 0.350 e. The molecule has 0 saturated carbocycles. The molecule has 1 fully saturated rings. The quantitative estimate of drug-likeness (QED) is 0.390. The van der Waals surface area contributed by atoms with Gasteiger partial charge in [0.15, 0.2) is 0 Å². The molecule has 1 aliphatic rings. The van der Waals surface area contributed by atoms with Crippen molar-refractivity contribution in [3.63, 3.8) is 0 Å². The Kier molecular flexibility index (Phi) is 6.76. The number of hydrogen-bond acceptors (Lipinski definition) is 4. The Bertz CT molecular complexity index is 1370. The lowest BCUT2D eigenvalue weighted by Crippen LogP contribution is -2.44. The van der Waals surface area contributed by atoms with Crippen LogP contribution in [-0.4, -0.2) is 39.3 Å². The number of carbonyl (C=O) groups is 2. The van der Waals surface area contributed by atoms with Gasteiger partial charge in [0, 0.05) is 44.4 Å². The molecule has 1 aliphatic heterocycles. The van der Waals surface area contributed by atoms with Gasteiger partial charge in [0.05, 0.1) is 11.0 Å². The highest BCUT2D eigenvalue weighted by Crippen LogP contribution is 2.31. The van der Waals surface area contributed by atoms with Gasteiger partial charge >= 0.3 is 0 Å². The van der Waals surface area contributed by atoms with Crippen molar-refractivity contribution in [2.24, 2.45) is 0 Å². The summed E-state index contributed by atoms with van der Waals surface area (Å²) in [6.07, 6.45) is 6.31. The molecule has 1 saturated heterocycles. The second-order valence-corrected chi connectivity index (χ2v) is 9.70. The lowest BCUT2D eigenvalue weighted by atomic mass is 9.84. The Morgan fingerprint density at radius 1 is 0.917 bits per heavy atom. The number of rotatable bonds is 8. The van der Waals surface area contributed by atoms with Crippen LogP contribution in [0.1, 0.15) is 36.8 Å². The Hall–Kier alpha value is -4.06. The minimum atomic E-state index is -0.389. The van der Waals surface area contributed by atoms with Crippen molar-refractivity contribution in [3.8, 4) is 11.1 Å². The van der Waals surface area contributed by atoms with Crippen molar-refractivity contribution in [2.45, 2.75) is 44.2 Å². The van der Waals surface area contributed by atoms with Gasteiger partial charge < -0.3 is 10.2 Å². The molecular weight excluding hydrogens is 448 g/mol. The molecule has 2 amide bonds. The van der Waals surface area contributed by atoms with Gasteiger partial charge in [0.1, 0.15) is 0 Å². The van der Waals surface area contributed by atoms with E-state index in [2.05, 4.69) is 51.7 Å². The van der Waals surface area contributed by atoms with Crippen LogP contribution >= 0.6 is 0 Å². The SMILES string of the molecule is CN(Cc1ccc2nccnc2c1)C(=O)CCC1(Cc2ccc(-c3ccccc3)cc2)CCC(=O)N1. The summed E-state index contributed by atoms with van der Waals surface area (Å²) in [6.45, 7) is 0.506. The maximum absolute atomic E-state index is 13.0. The first-order valence-electron chi connectivity index (χ1n) is 12.4. The average Bonchev–Trinajstić information content (AvgIpc) is 3.28. The number of carbonyl (C=O) groups excluding carboxylic acids is 2. The smallest absolute Gasteiger partial charge is 0.222 e. The molecule has 182 valence electrons. The Morgan fingerprint density at radius 2 is 1.61 bits per heavy atom. The third-order valence-corrected chi connectivity index (χ3v) is 7.04. The van der Waals surface area contributed by atoms with Crippen LogP contribution < -0.4 is 5.32 Å². The number of aromatic nitrogens is 2. The highest BCUT2D eigenvalue weighted by Gasteiger charge is 2.38. The second kappa shape index (κ2) is 10.3. The molecule has 5 rings (SSSR count). The highest BCUT2D eigenvalue weighted by atomic mass is 16.2. The lowest BCUT2D eigenvalue weighted by molar-refractivity contribution is -0.131. The third kappa shape index (κ3) is 5.43. The molecule has 6 heteroatoms. The molecule has 0 bridgehead atoms. The molecule has 0 aliphatic carbocycles. The molecule has 3 aromatic carbocycles. The molecule has 1 atom stereocenters. The number of nitrogens with one attached hydrogen (secondary N) is 1. The molecule has 1 N–H and O–H groups in total. The first kappa shape index (κ1) is 23.7. The molecule has 0 radical (unpaired) electrons. The van der Waals surface area contributed by atoms with Crippen molar-refractivity contribution in [1.82, 2.24) is 20.2 Å². The summed E-state index contributed by atoms with van der Waals surface area (Å²) in [5, 5.41) is 3.20. The topological polar surface area (TPSA) is 75.2 Å². The van der Waals surface area contributed by atoms with Crippen LogP contribution in [-0.2, 0) is 22.6 Å². The van der Waals surface area contributed by atoms with Crippen molar-refractivity contribution < 1.29 is 9.59 Å². The van der Waals surface area contributed by atoms with Crippen molar-refractivity contribution >= 4 is 22.8 Å². The van der Waals surface area contributed by atoms with E-state index < -0.39 is 0 Å². The lowest BCUT2D eigenvalue weighted by Gasteiger charge is -2.30. The van der Waals surface area contributed by atoms with Crippen molar-refractivity contribution in [2.75, 3.05) is 7.05 Å². The monoisotopic (exact) mass is 478 g/mol. The van der Waals surface area contributed by atoms with Crippen LogP contribution in [0, 0.1) is 0 Å². The highest BCUT2D eigenvalue weighted by molar-refractivity contribution is 5.80. The van der Waals surface area contributed by atoms with Gasteiger partial charge in [-0.3, -0.25) is 19.6 Å². The number of fused-ring (bicyclic) bond motifs is 1. The maximum Gasteiger partial charge on any atom is 0.222 e. The number of hydrogen-bond donors (Lipinski definition) is 1. The van der Waals surface area contributed by atoms with Crippen LogP contribution in [0.4, 0.5) is 0 Å². The van der Waals surface area contributed by atoms with Crippen LogP contribution in [0.15, 0.2) is 85.2 Å². The summed E-state index contributed by atoms with van der Waals surface area (Å²) >= 11 is 0. The first-order valence-corrected chi connectivity index (χ1v) is 12.4. The van der Waals surface area contributed by atoms with Gasteiger partial charge in [-0.1, -0.05) is 60.7 Å². The molecule has 2 heterocycles. The number of benzene rings is 3. The summed E-state index contributed by atoms with van der Waals surface area (Å²) in [4.78, 5) is 35.6. The predicted octanol–water partition coefficient (Wildman–Crippen LogP) is 4.93. The first-order chi connectivity index (χ1) is 17.5. The fourth-order valence-corrected chi connectivity index (χ4v) is 5.02. The maximum atomic E-state index is 13.0. The van der Waals surface area contributed by atoms with E-state index in [0.717, 1.165) is 28.6 Å². The third-order valence-electron chi connectivity index (χ3n) is 7.04. The van der Waals surface area contributed by atoms with Gasteiger partial charge in [-0.15, -0.1) is 0 Å². The van der Waals surface area contributed by atoms with E-state index in [4.69, 9.17) is 0 Å². The van der Waals surface area contributed by atoms with Crippen LogP contribution in [0.3, 0.4) is 0 Å². The van der Waals surface area contributed by atoms with E-state index >= 15 is 0 Å². The fraction of sp³-hybridized carbons (Fsp3) is 0.267. The van der Waals surface area contributed by atoms with Crippen LogP contribution in [0.5, 0.6) is 0 Å². The fourth-order valence-electron chi connectivity index (χ4n) is 5.02.